The molecule has 0 saturated carbocycles. The van der Waals surface area contributed by atoms with E-state index in [0.717, 1.165) is 5.56 Å². The Kier molecular flexibility index (Phi) is 6.19. The van der Waals surface area contributed by atoms with Gasteiger partial charge in [0, 0.05) is 0 Å². The maximum atomic E-state index is 11.8. The van der Waals surface area contributed by atoms with Gasteiger partial charge in [0.25, 0.3) is 0 Å². The number of benzene rings is 1. The normalized spacial score (nSPS) is 13.9. The van der Waals surface area contributed by atoms with E-state index in [9.17, 15) is 9.90 Å². The zero-order valence-corrected chi connectivity index (χ0v) is 12.7. The first-order valence-electron chi connectivity index (χ1n) is 6.90. The molecule has 1 rings (SSSR count). The van der Waals surface area contributed by atoms with Crippen LogP contribution < -0.4 is 5.32 Å². The van der Waals surface area contributed by atoms with E-state index in [1.165, 1.54) is 0 Å². The molecule has 0 heterocycles. The van der Waals surface area contributed by atoms with E-state index in [1.54, 1.807) is 20.8 Å². The van der Waals surface area contributed by atoms with Crippen LogP contribution in [0.4, 0.5) is 4.79 Å². The lowest BCUT2D eigenvalue weighted by Gasteiger charge is -2.26. The van der Waals surface area contributed by atoms with Crippen LogP contribution in [-0.4, -0.2) is 28.9 Å². The topological polar surface area (TPSA) is 82.3 Å². The minimum absolute atomic E-state index is 0.0483. The molecule has 21 heavy (non-hydrogen) atoms. The minimum atomic E-state index is -0.942. The first kappa shape index (κ1) is 17.0. The monoisotopic (exact) mass is 290 g/mol. The van der Waals surface area contributed by atoms with Crippen molar-refractivity contribution < 1.29 is 14.6 Å². The Morgan fingerprint density at radius 3 is 2.52 bits per heavy atom. The number of nitrogens with one attached hydrogen (secondary N) is 1. The van der Waals surface area contributed by atoms with Crippen LogP contribution in [0.3, 0.4) is 0 Å². The van der Waals surface area contributed by atoms with Crippen molar-refractivity contribution in [3.63, 3.8) is 0 Å². The van der Waals surface area contributed by atoms with Crippen LogP contribution in [0.2, 0.25) is 0 Å². The first-order valence-corrected chi connectivity index (χ1v) is 6.90. The second-order valence-electron chi connectivity index (χ2n) is 5.87. The van der Waals surface area contributed by atoms with E-state index in [2.05, 4.69) is 5.32 Å². The second kappa shape index (κ2) is 7.65. The summed E-state index contributed by atoms with van der Waals surface area (Å²) in [5.41, 5.74) is 0.359. The zero-order valence-electron chi connectivity index (χ0n) is 12.7. The minimum Gasteiger partial charge on any atom is -0.444 e. The summed E-state index contributed by atoms with van der Waals surface area (Å²) in [5, 5.41) is 21.4. The summed E-state index contributed by atoms with van der Waals surface area (Å²) >= 11 is 0. The molecule has 0 spiro atoms. The highest BCUT2D eigenvalue weighted by atomic mass is 16.6. The number of amides is 1. The second-order valence-corrected chi connectivity index (χ2v) is 5.87. The summed E-state index contributed by atoms with van der Waals surface area (Å²) < 4.78 is 5.19. The highest BCUT2D eigenvalue weighted by molar-refractivity contribution is 5.68. The quantitative estimate of drug-likeness (QED) is 0.872. The van der Waals surface area contributed by atoms with Crippen LogP contribution in [0.25, 0.3) is 0 Å². The molecule has 2 atom stereocenters. The van der Waals surface area contributed by atoms with Gasteiger partial charge in [0.1, 0.15) is 5.60 Å². The van der Waals surface area contributed by atoms with E-state index < -0.39 is 23.8 Å². The molecular weight excluding hydrogens is 268 g/mol. The van der Waals surface area contributed by atoms with Crippen molar-refractivity contribution in [1.82, 2.24) is 5.32 Å². The predicted molar refractivity (Wildman–Crippen MR) is 79.5 cm³/mol. The third kappa shape index (κ3) is 6.77. The number of carbonyl (C=O) groups is 1. The van der Waals surface area contributed by atoms with Gasteiger partial charge in [-0.1, -0.05) is 30.3 Å². The Balaban J connectivity index is 2.73. The molecule has 1 aromatic rings. The molecule has 5 heteroatoms. The van der Waals surface area contributed by atoms with Crippen LogP contribution in [-0.2, 0) is 11.2 Å². The SMILES string of the molecule is CC(C)(C)OC(=O)N[C@@H](Cc1ccccc1)[C@H](O)CC#N. The molecule has 1 amide bonds. The third-order valence-corrected chi connectivity index (χ3v) is 2.77. The zero-order chi connectivity index (χ0) is 15.9. The lowest BCUT2D eigenvalue weighted by atomic mass is 10.00. The lowest BCUT2D eigenvalue weighted by Crippen LogP contribution is -2.46. The van der Waals surface area contributed by atoms with E-state index in [0.29, 0.717) is 6.42 Å². The average Bonchev–Trinajstić information content (AvgIpc) is 2.37. The number of carbonyl (C=O) groups excluding carboxylic acids is 1. The van der Waals surface area contributed by atoms with Gasteiger partial charge in [-0.25, -0.2) is 4.79 Å². The molecule has 114 valence electrons. The summed E-state index contributed by atoms with van der Waals surface area (Å²) in [6.07, 6.45) is -1.15. The van der Waals surface area contributed by atoms with Crippen LogP contribution in [0.15, 0.2) is 30.3 Å². The number of nitriles is 1. The van der Waals surface area contributed by atoms with Crippen LogP contribution in [0, 0.1) is 11.3 Å². The fourth-order valence-electron chi connectivity index (χ4n) is 1.85. The first-order chi connectivity index (χ1) is 9.81. The molecule has 2 N–H and O–H groups in total. The fraction of sp³-hybridized carbons (Fsp3) is 0.500. The molecule has 0 aliphatic carbocycles. The molecule has 0 bridgehead atoms. The summed E-state index contributed by atoms with van der Waals surface area (Å²) in [6, 6.07) is 10.8. The van der Waals surface area contributed by atoms with Crippen molar-refractivity contribution in [2.24, 2.45) is 0 Å². The molecular formula is C16H22N2O3. The predicted octanol–water partition coefficient (Wildman–Crippen LogP) is 2.40. The summed E-state index contributed by atoms with van der Waals surface area (Å²) in [5.74, 6) is 0. The summed E-state index contributed by atoms with van der Waals surface area (Å²) in [4.78, 5) is 11.8. The van der Waals surface area contributed by atoms with Gasteiger partial charge in [0.2, 0.25) is 0 Å². The molecule has 1 aromatic carbocycles. The van der Waals surface area contributed by atoms with E-state index in [4.69, 9.17) is 10.00 Å². The van der Waals surface area contributed by atoms with E-state index in [1.807, 2.05) is 36.4 Å². The largest absolute Gasteiger partial charge is 0.444 e. The number of nitrogens with zero attached hydrogens (tertiary/aromatic N) is 1. The number of hydrogen-bond donors (Lipinski definition) is 2. The van der Waals surface area contributed by atoms with Crippen molar-refractivity contribution >= 4 is 6.09 Å². The highest BCUT2D eigenvalue weighted by Gasteiger charge is 2.24. The Bertz CT molecular complexity index is 488. The van der Waals surface area contributed by atoms with Crippen molar-refractivity contribution in [2.75, 3.05) is 0 Å². The van der Waals surface area contributed by atoms with E-state index in [-0.39, 0.29) is 6.42 Å². The Hall–Kier alpha value is -2.06. The molecule has 0 fully saturated rings. The van der Waals surface area contributed by atoms with Gasteiger partial charge in [-0.2, -0.15) is 5.26 Å². The Labute approximate surface area is 125 Å². The van der Waals surface area contributed by atoms with E-state index >= 15 is 0 Å². The van der Waals surface area contributed by atoms with Crippen molar-refractivity contribution in [1.29, 1.82) is 5.26 Å². The molecule has 0 saturated heterocycles. The molecule has 0 unspecified atom stereocenters. The van der Waals surface area contributed by atoms with Crippen LogP contribution in [0.5, 0.6) is 0 Å². The highest BCUT2D eigenvalue weighted by Crippen LogP contribution is 2.11. The standard InChI is InChI=1S/C16H22N2O3/c1-16(2,3)21-15(20)18-13(14(19)9-10-17)11-12-7-5-4-6-8-12/h4-8,13-14,19H,9,11H2,1-3H3,(H,18,20)/t13-,14+/m0/s1. The van der Waals surface area contributed by atoms with Gasteiger partial charge in [-0.05, 0) is 32.8 Å². The molecule has 0 aliphatic rings. The van der Waals surface area contributed by atoms with Crippen LogP contribution in [0.1, 0.15) is 32.8 Å². The number of alkyl carbamates (subject to hydrolysis) is 1. The molecule has 0 aromatic heterocycles. The molecule has 0 aliphatic heterocycles. The number of ether oxygens (including phenoxy) is 1. The maximum Gasteiger partial charge on any atom is 0.407 e. The lowest BCUT2D eigenvalue weighted by molar-refractivity contribution is 0.0426. The van der Waals surface area contributed by atoms with Crippen molar-refractivity contribution in [2.45, 2.75) is 51.4 Å². The summed E-state index contributed by atoms with van der Waals surface area (Å²) in [6.45, 7) is 5.31. The summed E-state index contributed by atoms with van der Waals surface area (Å²) in [7, 11) is 0. The Morgan fingerprint density at radius 1 is 1.38 bits per heavy atom. The van der Waals surface area contributed by atoms with Crippen molar-refractivity contribution in [3.05, 3.63) is 35.9 Å². The fourth-order valence-corrected chi connectivity index (χ4v) is 1.85. The van der Waals surface area contributed by atoms with Gasteiger partial charge in [0.05, 0.1) is 24.6 Å². The molecule has 5 nitrogen and oxygen atoms in total. The number of hydrogen-bond acceptors (Lipinski definition) is 4. The van der Waals surface area contributed by atoms with Crippen molar-refractivity contribution in [3.8, 4) is 6.07 Å². The van der Waals surface area contributed by atoms with Gasteiger partial charge in [-0.3, -0.25) is 0 Å². The average molecular weight is 290 g/mol. The number of rotatable bonds is 5. The van der Waals surface area contributed by atoms with Gasteiger partial charge in [-0.15, -0.1) is 0 Å². The number of aliphatic hydroxyl groups is 1. The van der Waals surface area contributed by atoms with Crippen LogP contribution >= 0.6 is 0 Å². The molecule has 0 radical (unpaired) electrons. The maximum absolute atomic E-state index is 11.8. The van der Waals surface area contributed by atoms with Gasteiger partial charge in [0.15, 0.2) is 0 Å². The Morgan fingerprint density at radius 2 is 2.00 bits per heavy atom. The van der Waals surface area contributed by atoms with Gasteiger partial charge < -0.3 is 15.2 Å². The smallest absolute Gasteiger partial charge is 0.407 e. The number of aliphatic hydroxyl groups excluding tert-OH is 1. The third-order valence-electron chi connectivity index (χ3n) is 2.77. The van der Waals surface area contributed by atoms with Gasteiger partial charge >= 0.3 is 6.09 Å².